The molecule has 1 aromatic rings. The standard InChI is InChI=1S/C16H23NO3S/c1-2-21-14-8-6-7-13(15(14)16(18)19)20-12-11-17-9-4-3-5-10-17/h6-8H,2-5,9-12H2,1H3,(H,18,19). The van der Waals surface area contributed by atoms with Crippen LogP contribution in [0.5, 0.6) is 5.75 Å². The van der Waals surface area contributed by atoms with Gasteiger partial charge in [0.15, 0.2) is 0 Å². The predicted molar refractivity (Wildman–Crippen MR) is 85.6 cm³/mol. The van der Waals surface area contributed by atoms with Gasteiger partial charge < -0.3 is 9.84 Å². The number of carboxylic acid groups (broad SMARTS) is 1. The van der Waals surface area contributed by atoms with E-state index in [0.717, 1.165) is 30.3 Å². The molecule has 0 atom stereocenters. The maximum atomic E-state index is 11.5. The average molecular weight is 309 g/mol. The third-order valence-electron chi connectivity index (χ3n) is 3.62. The van der Waals surface area contributed by atoms with Crippen molar-refractivity contribution in [1.82, 2.24) is 4.90 Å². The fourth-order valence-corrected chi connectivity index (χ4v) is 3.40. The van der Waals surface area contributed by atoms with E-state index in [1.165, 1.54) is 31.0 Å². The number of benzene rings is 1. The second kappa shape index (κ2) is 8.29. The quantitative estimate of drug-likeness (QED) is 0.783. The number of nitrogens with zero attached hydrogens (tertiary/aromatic N) is 1. The lowest BCUT2D eigenvalue weighted by Crippen LogP contribution is -2.33. The highest BCUT2D eigenvalue weighted by atomic mass is 32.2. The van der Waals surface area contributed by atoms with Crippen molar-refractivity contribution in [2.75, 3.05) is 32.0 Å². The van der Waals surface area contributed by atoms with Crippen molar-refractivity contribution in [2.24, 2.45) is 0 Å². The first kappa shape index (κ1) is 16.2. The Morgan fingerprint density at radius 3 is 2.76 bits per heavy atom. The molecule has 0 unspecified atom stereocenters. The summed E-state index contributed by atoms with van der Waals surface area (Å²) in [5.41, 5.74) is 0.294. The number of thioether (sulfide) groups is 1. The number of aromatic carboxylic acids is 1. The maximum Gasteiger partial charge on any atom is 0.340 e. The van der Waals surface area contributed by atoms with E-state index in [1.807, 2.05) is 19.1 Å². The highest BCUT2D eigenvalue weighted by Crippen LogP contribution is 2.30. The molecular weight excluding hydrogens is 286 g/mol. The Morgan fingerprint density at radius 2 is 2.10 bits per heavy atom. The Hall–Kier alpha value is -1.20. The Balaban J connectivity index is 1.98. The summed E-state index contributed by atoms with van der Waals surface area (Å²) in [4.78, 5) is 14.6. The molecule has 1 aliphatic heterocycles. The number of likely N-dealkylation sites (tertiary alicyclic amines) is 1. The van der Waals surface area contributed by atoms with Gasteiger partial charge in [0.2, 0.25) is 0 Å². The van der Waals surface area contributed by atoms with Crippen molar-refractivity contribution in [3.8, 4) is 5.75 Å². The Morgan fingerprint density at radius 1 is 1.33 bits per heavy atom. The highest BCUT2D eigenvalue weighted by Gasteiger charge is 2.17. The summed E-state index contributed by atoms with van der Waals surface area (Å²) in [5, 5.41) is 9.42. The zero-order valence-corrected chi connectivity index (χ0v) is 13.3. The molecular formula is C16H23NO3S. The molecule has 0 aliphatic carbocycles. The predicted octanol–water partition coefficient (Wildman–Crippen LogP) is 3.36. The van der Waals surface area contributed by atoms with Crippen LogP contribution in [-0.2, 0) is 0 Å². The highest BCUT2D eigenvalue weighted by molar-refractivity contribution is 7.99. The van der Waals surface area contributed by atoms with E-state index in [-0.39, 0.29) is 0 Å². The molecule has 0 radical (unpaired) electrons. The van der Waals surface area contributed by atoms with Gasteiger partial charge in [0.25, 0.3) is 0 Å². The summed E-state index contributed by atoms with van der Waals surface area (Å²) in [6, 6.07) is 5.45. The van der Waals surface area contributed by atoms with Crippen molar-refractivity contribution < 1.29 is 14.6 Å². The zero-order valence-electron chi connectivity index (χ0n) is 12.5. The molecule has 116 valence electrons. The number of rotatable bonds is 7. The number of ether oxygens (including phenoxy) is 1. The van der Waals surface area contributed by atoms with Crippen molar-refractivity contribution in [2.45, 2.75) is 31.1 Å². The van der Waals surface area contributed by atoms with Crippen LogP contribution in [0.25, 0.3) is 0 Å². The van der Waals surface area contributed by atoms with Crippen LogP contribution < -0.4 is 4.74 Å². The minimum absolute atomic E-state index is 0.294. The summed E-state index contributed by atoms with van der Waals surface area (Å²) in [7, 11) is 0. The maximum absolute atomic E-state index is 11.5. The van der Waals surface area contributed by atoms with Crippen LogP contribution in [0.4, 0.5) is 0 Å². The van der Waals surface area contributed by atoms with Gasteiger partial charge in [-0.15, -0.1) is 11.8 Å². The van der Waals surface area contributed by atoms with Crippen LogP contribution in [-0.4, -0.2) is 48.0 Å². The third kappa shape index (κ3) is 4.64. The average Bonchev–Trinajstić information content (AvgIpc) is 2.48. The van der Waals surface area contributed by atoms with Crippen molar-refractivity contribution in [3.05, 3.63) is 23.8 Å². The minimum atomic E-state index is -0.917. The molecule has 1 saturated heterocycles. The first-order valence-corrected chi connectivity index (χ1v) is 8.55. The second-order valence-corrected chi connectivity index (χ2v) is 6.42. The van der Waals surface area contributed by atoms with E-state index in [1.54, 1.807) is 6.07 Å². The van der Waals surface area contributed by atoms with Crippen LogP contribution in [0.3, 0.4) is 0 Å². The topological polar surface area (TPSA) is 49.8 Å². The van der Waals surface area contributed by atoms with Crippen molar-refractivity contribution in [1.29, 1.82) is 0 Å². The summed E-state index contributed by atoms with van der Waals surface area (Å²) in [5.74, 6) is 0.412. The minimum Gasteiger partial charge on any atom is -0.491 e. The van der Waals surface area contributed by atoms with Crippen molar-refractivity contribution >= 4 is 17.7 Å². The molecule has 1 aromatic carbocycles. The zero-order chi connectivity index (χ0) is 15.1. The molecule has 0 spiro atoms. The van der Waals surface area contributed by atoms with E-state index in [4.69, 9.17) is 4.74 Å². The first-order chi connectivity index (χ1) is 10.2. The van der Waals surface area contributed by atoms with Gasteiger partial charge in [-0.2, -0.15) is 0 Å². The van der Waals surface area contributed by atoms with Crippen LogP contribution >= 0.6 is 11.8 Å². The second-order valence-electron chi connectivity index (χ2n) is 5.12. The van der Waals surface area contributed by atoms with E-state index in [0.29, 0.717) is 17.9 Å². The van der Waals surface area contributed by atoms with Gasteiger partial charge >= 0.3 is 5.97 Å². The van der Waals surface area contributed by atoms with Gasteiger partial charge in [0.05, 0.1) is 0 Å². The lowest BCUT2D eigenvalue weighted by atomic mass is 10.1. The first-order valence-electron chi connectivity index (χ1n) is 7.56. The summed E-state index contributed by atoms with van der Waals surface area (Å²) in [6.07, 6.45) is 3.82. The van der Waals surface area contributed by atoms with Crippen molar-refractivity contribution in [3.63, 3.8) is 0 Å². The van der Waals surface area contributed by atoms with Crippen LogP contribution in [0.2, 0.25) is 0 Å². The van der Waals surface area contributed by atoms with Gasteiger partial charge in [-0.1, -0.05) is 19.4 Å². The van der Waals surface area contributed by atoms with Crippen LogP contribution in [0.1, 0.15) is 36.5 Å². The third-order valence-corrected chi connectivity index (χ3v) is 4.56. The molecule has 4 nitrogen and oxygen atoms in total. The molecule has 0 aromatic heterocycles. The largest absolute Gasteiger partial charge is 0.491 e. The summed E-state index contributed by atoms with van der Waals surface area (Å²) < 4.78 is 5.75. The van der Waals surface area contributed by atoms with Gasteiger partial charge in [0.1, 0.15) is 17.9 Å². The van der Waals surface area contributed by atoms with Crippen LogP contribution in [0, 0.1) is 0 Å². The number of hydrogen-bond acceptors (Lipinski definition) is 4. The molecule has 0 bridgehead atoms. The lowest BCUT2D eigenvalue weighted by molar-refractivity contribution is 0.0687. The molecule has 1 aliphatic rings. The smallest absolute Gasteiger partial charge is 0.340 e. The van der Waals surface area contributed by atoms with E-state index >= 15 is 0 Å². The molecule has 5 heteroatoms. The molecule has 0 saturated carbocycles. The fraction of sp³-hybridized carbons (Fsp3) is 0.562. The number of piperidine rings is 1. The van der Waals surface area contributed by atoms with Gasteiger partial charge in [-0.05, 0) is 43.8 Å². The van der Waals surface area contributed by atoms with Gasteiger partial charge in [-0.25, -0.2) is 4.79 Å². The molecule has 21 heavy (non-hydrogen) atoms. The van der Waals surface area contributed by atoms with E-state index in [2.05, 4.69) is 4.90 Å². The van der Waals surface area contributed by atoms with Gasteiger partial charge in [0, 0.05) is 11.4 Å². The normalized spacial score (nSPS) is 15.9. The number of carbonyl (C=O) groups is 1. The molecule has 1 heterocycles. The Kier molecular flexibility index (Phi) is 6.39. The molecule has 0 amide bonds. The number of hydrogen-bond donors (Lipinski definition) is 1. The van der Waals surface area contributed by atoms with E-state index < -0.39 is 5.97 Å². The van der Waals surface area contributed by atoms with E-state index in [9.17, 15) is 9.90 Å². The Bertz CT molecular complexity index is 473. The SMILES string of the molecule is CCSc1cccc(OCCN2CCCCC2)c1C(=O)O. The molecule has 1 fully saturated rings. The van der Waals surface area contributed by atoms with Gasteiger partial charge in [-0.3, -0.25) is 4.90 Å². The fourth-order valence-electron chi connectivity index (χ4n) is 2.59. The monoisotopic (exact) mass is 309 g/mol. The summed E-state index contributed by atoms with van der Waals surface area (Å²) in [6.45, 7) is 5.67. The molecule has 2 rings (SSSR count). The molecule has 1 N–H and O–H groups in total. The summed E-state index contributed by atoms with van der Waals surface area (Å²) >= 11 is 1.53. The number of carboxylic acids is 1. The lowest BCUT2D eigenvalue weighted by Gasteiger charge is -2.26. The Labute approximate surface area is 130 Å². The van der Waals surface area contributed by atoms with Crippen LogP contribution in [0.15, 0.2) is 23.1 Å².